The number of rotatable bonds is 6. The molecule has 5 heterocycles. The maximum atomic E-state index is 2.49. The average molecular weight is 840 g/mol. The van der Waals surface area contributed by atoms with Gasteiger partial charge in [-0.25, -0.2) is 0 Å². The summed E-state index contributed by atoms with van der Waals surface area (Å²) in [4.78, 5) is 4.81. The SMILES string of the molecule is Cn1c2cc3c4ccccc4c4ccc(N(c5cccs5)c5cccs5)cc4c3cc2c2cc3c4cc(N(c5cccs5)c5cccs5)ccc4c4ccccc4c3cc21. The first kappa shape index (κ1) is 34.4. The minimum absolute atomic E-state index is 1.17. The van der Waals surface area contributed by atoms with Gasteiger partial charge in [0.05, 0.1) is 0 Å². The summed E-state index contributed by atoms with van der Waals surface area (Å²) in [6.45, 7) is 0. The van der Waals surface area contributed by atoms with Gasteiger partial charge in [-0.2, -0.15) is 0 Å². The molecular formula is C53H33N3S4. The molecule has 0 amide bonds. The van der Waals surface area contributed by atoms with Crippen molar-refractivity contribution >= 4 is 163 Å². The van der Waals surface area contributed by atoms with Gasteiger partial charge in [0.25, 0.3) is 0 Å². The van der Waals surface area contributed by atoms with Crippen molar-refractivity contribution < 1.29 is 0 Å². The molecule has 0 aliphatic rings. The van der Waals surface area contributed by atoms with Gasteiger partial charge in [-0.15, -0.1) is 45.3 Å². The molecule has 13 aromatic rings. The number of aryl methyl sites for hydroxylation is 1. The van der Waals surface area contributed by atoms with E-state index in [1.54, 1.807) is 45.3 Å². The highest BCUT2D eigenvalue weighted by Crippen LogP contribution is 2.47. The molecule has 0 saturated carbocycles. The van der Waals surface area contributed by atoms with E-state index in [1.807, 2.05) is 0 Å². The molecular weight excluding hydrogens is 807 g/mol. The van der Waals surface area contributed by atoms with Gasteiger partial charge in [0.15, 0.2) is 0 Å². The Morgan fingerprint density at radius 3 is 0.967 bits per heavy atom. The summed E-state index contributed by atoms with van der Waals surface area (Å²) in [5, 5.41) is 31.3. The highest BCUT2D eigenvalue weighted by atomic mass is 32.1. The van der Waals surface area contributed by atoms with Gasteiger partial charge in [0.1, 0.15) is 20.0 Å². The smallest absolute Gasteiger partial charge is 0.101 e. The maximum Gasteiger partial charge on any atom is 0.101 e. The predicted octanol–water partition coefficient (Wildman–Crippen LogP) is 17.4. The Bertz CT molecular complexity index is 3470. The molecule has 13 rings (SSSR count). The van der Waals surface area contributed by atoms with E-state index >= 15 is 0 Å². The van der Waals surface area contributed by atoms with Crippen molar-refractivity contribution in [3.05, 3.63) is 179 Å². The molecule has 0 aliphatic heterocycles. The molecule has 0 bridgehead atoms. The molecule has 0 radical (unpaired) electrons. The number of hydrogen-bond donors (Lipinski definition) is 0. The molecule has 60 heavy (non-hydrogen) atoms. The molecule has 0 spiro atoms. The lowest BCUT2D eigenvalue weighted by Crippen LogP contribution is -2.06. The number of benzene rings is 8. The van der Waals surface area contributed by atoms with Crippen molar-refractivity contribution in [3.63, 3.8) is 0 Å². The topological polar surface area (TPSA) is 11.4 Å². The van der Waals surface area contributed by atoms with Gasteiger partial charge >= 0.3 is 0 Å². The van der Waals surface area contributed by atoms with E-state index < -0.39 is 0 Å². The van der Waals surface area contributed by atoms with Crippen LogP contribution >= 0.6 is 45.3 Å². The highest BCUT2D eigenvalue weighted by molar-refractivity contribution is 7.17. The molecule has 0 aliphatic carbocycles. The number of nitrogens with zero attached hydrogens (tertiary/aromatic N) is 3. The summed E-state index contributed by atoms with van der Waals surface area (Å²) in [7, 11) is 2.24. The summed E-state index contributed by atoms with van der Waals surface area (Å²) in [6, 6.07) is 59.3. The number of anilines is 6. The standard InChI is InChI=1S/C53H33N3S4/c1-54-48-30-44-36-12-4-2-10-34(36)38-20-18-32(55(50-14-6-22-57-50)51-15-7-23-58-51)26-40(38)42(44)28-46(48)47-29-43-41-27-33(56(52-16-8-24-59-52)53-17-9-25-60-53)19-21-39(41)35-11-3-5-13-37(35)45(43)31-49(47)54/h2-31H,1H3. The molecule has 0 saturated heterocycles. The number of hydrogen-bond acceptors (Lipinski definition) is 6. The van der Waals surface area contributed by atoms with Crippen molar-refractivity contribution in [1.82, 2.24) is 4.57 Å². The van der Waals surface area contributed by atoms with Gasteiger partial charge < -0.3 is 4.57 Å². The highest BCUT2D eigenvalue weighted by Gasteiger charge is 2.21. The summed E-state index contributed by atoms with van der Waals surface area (Å²) in [5.41, 5.74) is 4.81. The number of fused-ring (bicyclic) bond motifs is 15. The van der Waals surface area contributed by atoms with Gasteiger partial charge in [0, 0.05) is 40.2 Å². The van der Waals surface area contributed by atoms with E-state index in [2.05, 4.69) is 201 Å². The van der Waals surface area contributed by atoms with Gasteiger partial charge in [-0.1, -0.05) is 60.7 Å². The Hall–Kier alpha value is -6.48. The first-order chi connectivity index (χ1) is 29.7. The third-order valence-corrected chi connectivity index (χ3v) is 15.7. The Kier molecular flexibility index (Phi) is 7.60. The van der Waals surface area contributed by atoms with Gasteiger partial charge in [-0.3, -0.25) is 9.80 Å². The van der Waals surface area contributed by atoms with E-state index in [0.717, 1.165) is 0 Å². The van der Waals surface area contributed by atoms with Crippen LogP contribution in [0.5, 0.6) is 0 Å². The fraction of sp³-hybridized carbons (Fsp3) is 0.0189. The van der Waals surface area contributed by atoms with Crippen LogP contribution < -0.4 is 9.80 Å². The lowest BCUT2D eigenvalue weighted by atomic mass is 9.91. The molecule has 0 atom stereocenters. The van der Waals surface area contributed by atoms with E-state index in [1.165, 1.54) is 118 Å². The van der Waals surface area contributed by atoms with E-state index in [4.69, 9.17) is 0 Å². The first-order valence-corrected chi connectivity index (χ1v) is 23.5. The minimum atomic E-state index is 1.17. The van der Waals surface area contributed by atoms with Crippen LogP contribution in [0.15, 0.2) is 179 Å². The molecule has 0 fully saturated rings. The Balaban J connectivity index is 1.12. The zero-order chi connectivity index (χ0) is 39.5. The van der Waals surface area contributed by atoms with Crippen LogP contribution in [-0.4, -0.2) is 4.57 Å². The Labute approximate surface area is 361 Å². The third kappa shape index (κ3) is 5.04. The lowest BCUT2D eigenvalue weighted by molar-refractivity contribution is 1.02. The number of aromatic nitrogens is 1. The normalized spacial score (nSPS) is 12.1. The van der Waals surface area contributed by atoms with Crippen LogP contribution in [0.2, 0.25) is 0 Å². The zero-order valence-corrected chi connectivity index (χ0v) is 35.6. The predicted molar refractivity (Wildman–Crippen MR) is 266 cm³/mol. The minimum Gasteiger partial charge on any atom is -0.344 e. The van der Waals surface area contributed by atoms with E-state index in [-0.39, 0.29) is 0 Å². The van der Waals surface area contributed by atoms with Crippen LogP contribution in [-0.2, 0) is 7.05 Å². The third-order valence-electron chi connectivity index (χ3n) is 12.3. The summed E-state index contributed by atoms with van der Waals surface area (Å²) < 4.78 is 2.42. The summed E-state index contributed by atoms with van der Waals surface area (Å²) in [6.07, 6.45) is 0. The Morgan fingerprint density at radius 2 is 0.617 bits per heavy atom. The van der Waals surface area contributed by atoms with Crippen LogP contribution in [0.1, 0.15) is 0 Å². The average Bonchev–Trinajstić information content (AvgIpc) is 4.17. The van der Waals surface area contributed by atoms with Crippen molar-refractivity contribution in [2.24, 2.45) is 7.05 Å². The molecule has 0 N–H and O–H groups in total. The molecule has 3 nitrogen and oxygen atoms in total. The molecule has 5 aromatic heterocycles. The van der Waals surface area contributed by atoms with Crippen molar-refractivity contribution in [1.29, 1.82) is 0 Å². The van der Waals surface area contributed by atoms with Crippen molar-refractivity contribution in [2.45, 2.75) is 0 Å². The monoisotopic (exact) mass is 839 g/mol. The van der Waals surface area contributed by atoms with Crippen LogP contribution in [0.25, 0.3) is 86.4 Å². The second-order valence-electron chi connectivity index (χ2n) is 15.4. The summed E-state index contributed by atoms with van der Waals surface area (Å²) >= 11 is 7.09. The molecule has 8 aromatic carbocycles. The van der Waals surface area contributed by atoms with Crippen LogP contribution in [0, 0.1) is 0 Å². The second-order valence-corrected chi connectivity index (χ2v) is 19.1. The fourth-order valence-electron chi connectivity index (χ4n) is 9.66. The van der Waals surface area contributed by atoms with Crippen LogP contribution in [0.3, 0.4) is 0 Å². The van der Waals surface area contributed by atoms with Gasteiger partial charge in [-0.05, 0) is 183 Å². The fourth-order valence-corrected chi connectivity index (χ4v) is 12.8. The van der Waals surface area contributed by atoms with Gasteiger partial charge in [0.2, 0.25) is 0 Å². The van der Waals surface area contributed by atoms with E-state index in [9.17, 15) is 0 Å². The van der Waals surface area contributed by atoms with E-state index in [0.29, 0.717) is 0 Å². The largest absolute Gasteiger partial charge is 0.344 e. The second kappa shape index (κ2) is 13.3. The van der Waals surface area contributed by atoms with Crippen molar-refractivity contribution in [2.75, 3.05) is 9.80 Å². The number of thiophene rings is 4. The maximum absolute atomic E-state index is 2.49. The van der Waals surface area contributed by atoms with Crippen LogP contribution in [0.4, 0.5) is 31.4 Å². The molecule has 284 valence electrons. The van der Waals surface area contributed by atoms with Crippen molar-refractivity contribution in [3.8, 4) is 0 Å². The first-order valence-electron chi connectivity index (χ1n) is 20.0. The molecule has 7 heteroatoms. The lowest BCUT2D eigenvalue weighted by Gasteiger charge is -2.22. The quantitative estimate of drug-likeness (QED) is 0.155. The molecule has 0 unspecified atom stereocenters. The zero-order valence-electron chi connectivity index (χ0n) is 32.3. The summed E-state index contributed by atoms with van der Waals surface area (Å²) in [5.74, 6) is 0. The Morgan fingerprint density at radius 1 is 0.300 bits per heavy atom.